The van der Waals surface area contributed by atoms with Crippen LogP contribution in [0.15, 0.2) is 0 Å². The van der Waals surface area contributed by atoms with Crippen LogP contribution >= 0.6 is 0 Å². The Morgan fingerprint density at radius 2 is 2.12 bits per heavy atom. The molecule has 0 spiro atoms. The van der Waals surface area contributed by atoms with Crippen molar-refractivity contribution in [1.82, 2.24) is 4.90 Å². The molecule has 98 valence electrons. The molecule has 0 aromatic heterocycles. The molecule has 1 saturated heterocycles. The molecule has 1 aliphatic carbocycles. The lowest BCUT2D eigenvalue weighted by molar-refractivity contribution is -0.131. The van der Waals surface area contributed by atoms with Gasteiger partial charge in [-0.3, -0.25) is 4.79 Å². The van der Waals surface area contributed by atoms with Crippen LogP contribution in [-0.2, 0) is 4.79 Å². The van der Waals surface area contributed by atoms with Crippen molar-refractivity contribution in [2.45, 2.75) is 50.5 Å². The number of nitrogens with two attached hydrogens (primary N) is 1. The molecule has 2 fully saturated rings. The van der Waals surface area contributed by atoms with Crippen LogP contribution in [0, 0.1) is 5.92 Å². The molecular weight excluding hydrogens is 216 g/mol. The Kier molecular flexibility index (Phi) is 4.05. The molecule has 1 atom stereocenters. The van der Waals surface area contributed by atoms with Gasteiger partial charge in [0.25, 0.3) is 0 Å². The van der Waals surface area contributed by atoms with Gasteiger partial charge in [-0.05, 0) is 31.6 Å². The van der Waals surface area contributed by atoms with Crippen molar-refractivity contribution in [2.75, 3.05) is 19.7 Å². The molecule has 2 rings (SSSR count). The number of carbonyl (C=O) groups is 1. The summed E-state index contributed by atoms with van der Waals surface area (Å²) in [6.07, 6.45) is 6.67. The lowest BCUT2D eigenvalue weighted by Gasteiger charge is -2.26. The maximum Gasteiger partial charge on any atom is 0.224 e. The fourth-order valence-electron chi connectivity index (χ4n) is 3.15. The van der Waals surface area contributed by atoms with Gasteiger partial charge in [-0.25, -0.2) is 0 Å². The quantitative estimate of drug-likeness (QED) is 0.766. The molecule has 4 nitrogen and oxygen atoms in total. The lowest BCUT2D eigenvalue weighted by Crippen LogP contribution is -2.43. The van der Waals surface area contributed by atoms with Gasteiger partial charge in [0.05, 0.1) is 0 Å². The summed E-state index contributed by atoms with van der Waals surface area (Å²) < 4.78 is 0. The summed E-state index contributed by atoms with van der Waals surface area (Å²) in [7, 11) is 0. The van der Waals surface area contributed by atoms with Crippen molar-refractivity contribution in [2.24, 2.45) is 11.7 Å². The van der Waals surface area contributed by atoms with Crippen LogP contribution in [0.3, 0.4) is 0 Å². The Hall–Kier alpha value is -0.610. The predicted molar refractivity (Wildman–Crippen MR) is 66.4 cm³/mol. The highest BCUT2D eigenvalue weighted by Gasteiger charge is 2.35. The molecule has 17 heavy (non-hydrogen) atoms. The SMILES string of the molecule is NC1(CC(=O)N2CCC(CCO)C2)CCCC1. The van der Waals surface area contributed by atoms with Crippen LogP contribution < -0.4 is 5.73 Å². The van der Waals surface area contributed by atoms with Crippen LogP contribution in [0.25, 0.3) is 0 Å². The molecule has 1 heterocycles. The first-order valence-corrected chi connectivity index (χ1v) is 6.80. The minimum absolute atomic E-state index is 0.217. The fraction of sp³-hybridized carbons (Fsp3) is 0.923. The largest absolute Gasteiger partial charge is 0.396 e. The van der Waals surface area contributed by atoms with E-state index >= 15 is 0 Å². The average molecular weight is 240 g/mol. The van der Waals surface area contributed by atoms with E-state index in [2.05, 4.69) is 0 Å². The Labute approximate surface area is 103 Å². The van der Waals surface area contributed by atoms with Gasteiger partial charge in [-0.2, -0.15) is 0 Å². The zero-order valence-corrected chi connectivity index (χ0v) is 10.5. The second-order valence-corrected chi connectivity index (χ2v) is 5.75. The lowest BCUT2D eigenvalue weighted by atomic mass is 9.94. The molecule has 1 unspecified atom stereocenters. The zero-order valence-electron chi connectivity index (χ0n) is 10.5. The summed E-state index contributed by atoms with van der Waals surface area (Å²) in [6, 6.07) is 0. The van der Waals surface area contributed by atoms with Crippen LogP contribution in [0.2, 0.25) is 0 Å². The number of likely N-dealkylation sites (tertiary alicyclic amines) is 1. The number of rotatable bonds is 4. The Balaban J connectivity index is 1.80. The number of aliphatic hydroxyl groups excluding tert-OH is 1. The first-order valence-electron chi connectivity index (χ1n) is 6.80. The number of hydrogen-bond acceptors (Lipinski definition) is 3. The Morgan fingerprint density at radius 1 is 1.41 bits per heavy atom. The van der Waals surface area contributed by atoms with E-state index in [-0.39, 0.29) is 18.1 Å². The maximum atomic E-state index is 12.1. The molecule has 3 N–H and O–H groups in total. The van der Waals surface area contributed by atoms with Gasteiger partial charge in [0.15, 0.2) is 0 Å². The molecule has 0 aromatic rings. The molecule has 1 amide bonds. The van der Waals surface area contributed by atoms with Gasteiger partial charge in [-0.1, -0.05) is 12.8 Å². The van der Waals surface area contributed by atoms with E-state index in [1.807, 2.05) is 4.90 Å². The highest BCUT2D eigenvalue weighted by Crippen LogP contribution is 2.31. The molecule has 0 radical (unpaired) electrons. The van der Waals surface area contributed by atoms with E-state index < -0.39 is 0 Å². The van der Waals surface area contributed by atoms with Crippen LogP contribution in [0.1, 0.15) is 44.9 Å². The summed E-state index contributed by atoms with van der Waals surface area (Å²) >= 11 is 0. The van der Waals surface area contributed by atoms with E-state index in [4.69, 9.17) is 10.8 Å². The maximum absolute atomic E-state index is 12.1. The second-order valence-electron chi connectivity index (χ2n) is 5.75. The van der Waals surface area contributed by atoms with E-state index in [1.54, 1.807) is 0 Å². The highest BCUT2D eigenvalue weighted by atomic mass is 16.3. The van der Waals surface area contributed by atoms with Gasteiger partial charge < -0.3 is 15.7 Å². The third kappa shape index (κ3) is 3.19. The molecule has 0 aromatic carbocycles. The van der Waals surface area contributed by atoms with Gasteiger partial charge >= 0.3 is 0 Å². The van der Waals surface area contributed by atoms with Crippen molar-refractivity contribution in [3.63, 3.8) is 0 Å². The zero-order chi connectivity index (χ0) is 12.3. The number of carbonyl (C=O) groups excluding carboxylic acids is 1. The topological polar surface area (TPSA) is 66.6 Å². The first kappa shape index (κ1) is 12.8. The number of nitrogens with zero attached hydrogens (tertiary/aromatic N) is 1. The molecular formula is C13H24N2O2. The third-order valence-corrected chi connectivity index (χ3v) is 4.28. The summed E-state index contributed by atoms with van der Waals surface area (Å²) in [4.78, 5) is 14.1. The highest BCUT2D eigenvalue weighted by molar-refractivity contribution is 5.77. The third-order valence-electron chi connectivity index (χ3n) is 4.28. The number of hydrogen-bond donors (Lipinski definition) is 2. The van der Waals surface area contributed by atoms with Gasteiger partial charge in [0, 0.05) is 31.7 Å². The van der Waals surface area contributed by atoms with Crippen LogP contribution in [0.5, 0.6) is 0 Å². The average Bonchev–Trinajstić information content (AvgIpc) is 2.88. The standard InChI is InChI=1S/C13H24N2O2/c14-13(5-1-2-6-13)9-12(17)15-7-3-11(10-15)4-8-16/h11,16H,1-10,14H2. The van der Waals surface area contributed by atoms with Gasteiger partial charge in [0.1, 0.15) is 0 Å². The van der Waals surface area contributed by atoms with Crippen LogP contribution in [0.4, 0.5) is 0 Å². The van der Waals surface area contributed by atoms with Gasteiger partial charge in [-0.15, -0.1) is 0 Å². The van der Waals surface area contributed by atoms with E-state index in [0.29, 0.717) is 12.3 Å². The summed E-state index contributed by atoms with van der Waals surface area (Å²) in [5.41, 5.74) is 6.00. The van der Waals surface area contributed by atoms with Crippen LogP contribution in [-0.4, -0.2) is 41.1 Å². The summed E-state index contributed by atoms with van der Waals surface area (Å²) in [6.45, 7) is 1.89. The fourth-order valence-corrected chi connectivity index (χ4v) is 3.15. The van der Waals surface area contributed by atoms with E-state index in [0.717, 1.165) is 51.6 Å². The normalized spacial score (nSPS) is 27.6. The number of amides is 1. The molecule has 2 aliphatic rings. The minimum atomic E-state index is -0.230. The van der Waals surface area contributed by atoms with Crippen molar-refractivity contribution in [1.29, 1.82) is 0 Å². The Morgan fingerprint density at radius 3 is 2.76 bits per heavy atom. The first-order chi connectivity index (χ1) is 8.13. The molecule has 1 aliphatic heterocycles. The summed E-state index contributed by atoms with van der Waals surface area (Å²) in [5.74, 6) is 0.705. The smallest absolute Gasteiger partial charge is 0.224 e. The predicted octanol–water partition coefficient (Wildman–Crippen LogP) is 0.879. The van der Waals surface area contributed by atoms with Crippen molar-refractivity contribution in [3.05, 3.63) is 0 Å². The van der Waals surface area contributed by atoms with Crippen molar-refractivity contribution >= 4 is 5.91 Å². The van der Waals surface area contributed by atoms with Crippen molar-refractivity contribution < 1.29 is 9.90 Å². The van der Waals surface area contributed by atoms with E-state index in [1.165, 1.54) is 0 Å². The van der Waals surface area contributed by atoms with Crippen molar-refractivity contribution in [3.8, 4) is 0 Å². The minimum Gasteiger partial charge on any atom is -0.396 e. The molecule has 0 bridgehead atoms. The van der Waals surface area contributed by atoms with E-state index in [9.17, 15) is 4.79 Å². The van der Waals surface area contributed by atoms with Gasteiger partial charge in [0.2, 0.25) is 5.91 Å². The number of aliphatic hydroxyl groups is 1. The molecule has 1 saturated carbocycles. The monoisotopic (exact) mass is 240 g/mol. The summed E-state index contributed by atoms with van der Waals surface area (Å²) in [5, 5.41) is 8.90. The molecule has 4 heteroatoms. The Bertz CT molecular complexity index is 275. The second kappa shape index (κ2) is 5.36.